The second kappa shape index (κ2) is 17.7. The van der Waals surface area contributed by atoms with Gasteiger partial charge in [0, 0.05) is 44.5 Å². The lowest BCUT2D eigenvalue weighted by molar-refractivity contribution is 0.436. The molecule has 0 saturated heterocycles. The maximum Gasteiger partial charge on any atom is 0.164 e. The van der Waals surface area contributed by atoms with Crippen molar-refractivity contribution >= 4 is 0 Å². The number of ether oxygens (including phenoxy) is 1. The monoisotopic (exact) mass is 946 g/mol. The highest BCUT2D eigenvalue weighted by Gasteiger charge is 2.53. The molecular weight excluding hydrogens is 905 g/mol. The zero-order chi connectivity index (χ0) is 49.0. The number of rotatable bonds is 8. The third kappa shape index (κ3) is 7.13. The van der Waals surface area contributed by atoms with Gasteiger partial charge in [-0.05, 0) is 56.6 Å². The SMILES string of the molecule is c1ccc(-c2ccc(-c3nc(-c4ccc(-c5ccccc5)cc4)nc(-c4cccc5c4-c4cccc(-c6nc(-c7ccccc7)nc(-c7ccccc7)n6)c4C54c5ccccc5Oc5ccccc54)n3)cc2)cc1. The molecule has 0 N–H and O–H groups in total. The molecule has 74 heavy (non-hydrogen) atoms. The molecule has 346 valence electrons. The fourth-order valence-corrected chi connectivity index (χ4v) is 10.9. The van der Waals surface area contributed by atoms with Gasteiger partial charge >= 0.3 is 0 Å². The highest BCUT2D eigenvalue weighted by molar-refractivity contribution is 5.99. The van der Waals surface area contributed by atoms with Crippen LogP contribution in [0.1, 0.15) is 22.3 Å². The summed E-state index contributed by atoms with van der Waals surface area (Å²) in [4.78, 5) is 31.9. The molecule has 7 heteroatoms. The summed E-state index contributed by atoms with van der Waals surface area (Å²) >= 11 is 0. The van der Waals surface area contributed by atoms with Crippen LogP contribution in [0.15, 0.2) is 255 Å². The first-order valence-electron chi connectivity index (χ1n) is 24.8. The first-order valence-corrected chi connectivity index (χ1v) is 24.8. The molecule has 2 aromatic heterocycles. The van der Waals surface area contributed by atoms with Gasteiger partial charge in [0.15, 0.2) is 34.9 Å². The van der Waals surface area contributed by atoms with Gasteiger partial charge in [-0.25, -0.2) is 29.9 Å². The van der Waals surface area contributed by atoms with Gasteiger partial charge in [-0.1, -0.05) is 243 Å². The van der Waals surface area contributed by atoms with E-state index >= 15 is 0 Å². The fraction of sp³-hybridized carbons (Fsp3) is 0.0149. The number of hydrogen-bond acceptors (Lipinski definition) is 7. The summed E-state index contributed by atoms with van der Waals surface area (Å²) in [6.45, 7) is 0. The Kier molecular flexibility index (Phi) is 10.3. The van der Waals surface area contributed by atoms with E-state index in [1.54, 1.807) is 0 Å². The van der Waals surface area contributed by atoms with Crippen molar-refractivity contribution in [2.75, 3.05) is 0 Å². The molecule has 1 spiro atoms. The Balaban J connectivity index is 1.03. The maximum atomic E-state index is 6.84. The van der Waals surface area contributed by atoms with Crippen molar-refractivity contribution in [1.82, 2.24) is 29.9 Å². The van der Waals surface area contributed by atoms with E-state index in [9.17, 15) is 0 Å². The molecule has 10 aromatic carbocycles. The highest BCUT2D eigenvalue weighted by atomic mass is 16.5. The van der Waals surface area contributed by atoms with Crippen molar-refractivity contribution in [1.29, 1.82) is 0 Å². The molecule has 0 radical (unpaired) electrons. The van der Waals surface area contributed by atoms with Crippen molar-refractivity contribution in [3.05, 3.63) is 277 Å². The van der Waals surface area contributed by atoms with Crippen LogP contribution in [0.4, 0.5) is 0 Å². The van der Waals surface area contributed by atoms with Crippen LogP contribution in [0.5, 0.6) is 11.5 Å². The Morgan fingerprint density at radius 3 is 1.01 bits per heavy atom. The number of benzene rings is 10. The van der Waals surface area contributed by atoms with Crippen molar-refractivity contribution in [3.8, 4) is 113 Å². The molecule has 12 aromatic rings. The number of fused-ring (bicyclic) bond motifs is 9. The van der Waals surface area contributed by atoms with Crippen LogP contribution in [0.25, 0.3) is 102 Å². The lowest BCUT2D eigenvalue weighted by Gasteiger charge is -2.40. The molecule has 0 saturated carbocycles. The third-order valence-corrected chi connectivity index (χ3v) is 14.3. The maximum absolute atomic E-state index is 6.84. The minimum atomic E-state index is -0.894. The van der Waals surface area contributed by atoms with Crippen molar-refractivity contribution in [3.63, 3.8) is 0 Å². The Morgan fingerprint density at radius 1 is 0.230 bits per heavy atom. The summed E-state index contributed by atoms with van der Waals surface area (Å²) in [5.74, 6) is 4.99. The smallest absolute Gasteiger partial charge is 0.164 e. The summed E-state index contributed by atoms with van der Waals surface area (Å²) in [7, 11) is 0. The summed E-state index contributed by atoms with van der Waals surface area (Å²) in [6, 6.07) is 87.9. The van der Waals surface area contributed by atoms with E-state index in [1.807, 2.05) is 84.9 Å². The van der Waals surface area contributed by atoms with Gasteiger partial charge in [0.25, 0.3) is 0 Å². The lowest BCUT2D eigenvalue weighted by Crippen LogP contribution is -2.32. The van der Waals surface area contributed by atoms with Gasteiger partial charge in [0.1, 0.15) is 11.5 Å². The van der Waals surface area contributed by atoms with Crippen LogP contribution < -0.4 is 4.74 Å². The molecule has 0 unspecified atom stereocenters. The standard InChI is InChI=1S/C67H42N6O/c1-5-19-43(20-6-1)45-35-39-49(40-36-45)63-69-64(50-41-37-46(38-42-50)44-21-7-2-8-22-44)71-65(70-63)52-28-18-32-56-59(52)51-27-17-29-53(60(51)67(56)54-30-13-15-33-57(54)74-58-34-16-14-31-55(58)67)66-72-61(47-23-9-3-10-24-47)68-62(73-66)48-25-11-4-12-26-48/h1-42H. The Morgan fingerprint density at radius 2 is 0.541 bits per heavy atom. The molecule has 14 rings (SSSR count). The Bertz CT molecular complexity index is 3870. The van der Waals surface area contributed by atoms with Crippen LogP contribution in [0.3, 0.4) is 0 Å². The molecule has 1 aliphatic heterocycles. The van der Waals surface area contributed by atoms with E-state index in [-0.39, 0.29) is 0 Å². The molecule has 0 atom stereocenters. The van der Waals surface area contributed by atoms with E-state index in [2.05, 4.69) is 170 Å². The molecule has 0 bridgehead atoms. The summed E-state index contributed by atoms with van der Waals surface area (Å²) in [5, 5.41) is 0. The molecule has 1 aliphatic carbocycles. The molecule has 2 aliphatic rings. The molecular formula is C67H42N6O. The second-order valence-electron chi connectivity index (χ2n) is 18.5. The first kappa shape index (κ1) is 42.9. The normalized spacial score (nSPS) is 12.5. The number of para-hydroxylation sites is 2. The topological polar surface area (TPSA) is 86.6 Å². The number of aromatic nitrogens is 6. The minimum absolute atomic E-state index is 0.557. The van der Waals surface area contributed by atoms with Crippen LogP contribution in [0, 0.1) is 0 Å². The van der Waals surface area contributed by atoms with E-state index in [0.717, 1.165) is 101 Å². The van der Waals surface area contributed by atoms with Crippen molar-refractivity contribution < 1.29 is 4.74 Å². The third-order valence-electron chi connectivity index (χ3n) is 14.3. The lowest BCUT2D eigenvalue weighted by atomic mass is 9.65. The van der Waals surface area contributed by atoms with Crippen LogP contribution in [-0.4, -0.2) is 29.9 Å². The number of nitrogens with zero attached hydrogens (tertiary/aromatic N) is 6. The van der Waals surface area contributed by atoms with Crippen LogP contribution in [-0.2, 0) is 5.41 Å². The average molecular weight is 947 g/mol. The predicted molar refractivity (Wildman–Crippen MR) is 294 cm³/mol. The summed E-state index contributed by atoms with van der Waals surface area (Å²) < 4.78 is 6.84. The quantitative estimate of drug-likeness (QED) is 0.150. The van der Waals surface area contributed by atoms with Gasteiger partial charge in [-0.15, -0.1) is 0 Å². The van der Waals surface area contributed by atoms with Crippen molar-refractivity contribution in [2.45, 2.75) is 5.41 Å². The summed E-state index contributed by atoms with van der Waals surface area (Å²) in [5.41, 5.74) is 15.1. The van der Waals surface area contributed by atoms with Crippen molar-refractivity contribution in [2.24, 2.45) is 0 Å². The van der Waals surface area contributed by atoms with Gasteiger partial charge in [0.2, 0.25) is 0 Å². The predicted octanol–water partition coefficient (Wildman–Crippen LogP) is 15.9. The number of hydrogen-bond donors (Lipinski definition) is 0. The van der Waals surface area contributed by atoms with Gasteiger partial charge in [-0.2, -0.15) is 0 Å². The van der Waals surface area contributed by atoms with Gasteiger partial charge < -0.3 is 4.74 Å². The van der Waals surface area contributed by atoms with E-state index in [4.69, 9.17) is 34.6 Å². The Labute approximate surface area is 428 Å². The van der Waals surface area contributed by atoms with Gasteiger partial charge in [0.05, 0.1) is 5.41 Å². The average Bonchev–Trinajstić information content (AvgIpc) is 3.85. The van der Waals surface area contributed by atoms with Gasteiger partial charge in [-0.3, -0.25) is 0 Å². The minimum Gasteiger partial charge on any atom is -0.457 e. The highest BCUT2D eigenvalue weighted by Crippen LogP contribution is 2.65. The molecule has 0 fully saturated rings. The first-order chi connectivity index (χ1) is 36.7. The Hall–Kier alpha value is -9.98. The largest absolute Gasteiger partial charge is 0.457 e. The zero-order valence-electron chi connectivity index (χ0n) is 39.8. The zero-order valence-corrected chi connectivity index (χ0v) is 39.8. The van der Waals surface area contributed by atoms with Crippen LogP contribution in [0.2, 0.25) is 0 Å². The van der Waals surface area contributed by atoms with Crippen LogP contribution >= 0.6 is 0 Å². The molecule has 3 heterocycles. The van der Waals surface area contributed by atoms with E-state index in [1.165, 1.54) is 0 Å². The second-order valence-corrected chi connectivity index (χ2v) is 18.5. The van der Waals surface area contributed by atoms with E-state index < -0.39 is 5.41 Å². The molecule has 0 amide bonds. The summed E-state index contributed by atoms with van der Waals surface area (Å²) in [6.07, 6.45) is 0. The molecule has 7 nitrogen and oxygen atoms in total. The van der Waals surface area contributed by atoms with E-state index in [0.29, 0.717) is 34.9 Å². The fourth-order valence-electron chi connectivity index (χ4n) is 10.9.